The van der Waals surface area contributed by atoms with Crippen LogP contribution < -0.4 is 4.72 Å². The predicted molar refractivity (Wildman–Crippen MR) is 75.7 cm³/mol. The fourth-order valence-electron chi connectivity index (χ4n) is 1.32. The van der Waals surface area contributed by atoms with E-state index in [9.17, 15) is 12.8 Å². The van der Waals surface area contributed by atoms with Crippen LogP contribution in [-0.2, 0) is 10.0 Å². The number of sulfonamides is 1. The lowest BCUT2D eigenvalue weighted by atomic mass is 10.4. The van der Waals surface area contributed by atoms with Crippen LogP contribution in [0.2, 0.25) is 0 Å². The third kappa shape index (κ3) is 3.98. The van der Waals surface area contributed by atoms with Gasteiger partial charge in [0, 0.05) is 12.6 Å². The Morgan fingerprint density at radius 1 is 1.43 bits per heavy atom. The number of pyridine rings is 1. The summed E-state index contributed by atoms with van der Waals surface area (Å²) in [4.78, 5) is 7.89. The van der Waals surface area contributed by atoms with Gasteiger partial charge in [-0.25, -0.2) is 14.4 Å². The number of halogens is 1. The van der Waals surface area contributed by atoms with Crippen molar-refractivity contribution in [3.63, 3.8) is 0 Å². The van der Waals surface area contributed by atoms with Crippen LogP contribution >= 0.6 is 11.3 Å². The summed E-state index contributed by atoms with van der Waals surface area (Å²) in [5, 5.41) is 7.98. The van der Waals surface area contributed by atoms with Crippen LogP contribution in [-0.4, -0.2) is 30.1 Å². The molecule has 0 saturated carbocycles. The van der Waals surface area contributed by atoms with Crippen molar-refractivity contribution in [1.29, 1.82) is 0 Å². The van der Waals surface area contributed by atoms with Gasteiger partial charge in [-0.1, -0.05) is 23.2 Å². The van der Waals surface area contributed by atoms with E-state index in [1.54, 1.807) is 0 Å². The summed E-state index contributed by atoms with van der Waals surface area (Å²) in [5.74, 6) is 4.47. The van der Waals surface area contributed by atoms with Crippen molar-refractivity contribution >= 4 is 26.5 Å². The molecule has 2 N–H and O–H groups in total. The molecule has 110 valence electrons. The number of hydrogen-bond donors (Lipinski definition) is 2. The van der Waals surface area contributed by atoms with E-state index in [0.29, 0.717) is 11.3 Å². The molecule has 21 heavy (non-hydrogen) atoms. The molecular weight excluding hydrogens is 317 g/mol. The molecule has 2 aromatic rings. The molecular formula is C12H10FN3O3S2. The number of thiazole rings is 1. The monoisotopic (exact) mass is 327 g/mol. The summed E-state index contributed by atoms with van der Waals surface area (Å²) >= 11 is 1.00. The van der Waals surface area contributed by atoms with Crippen LogP contribution in [0.15, 0.2) is 29.6 Å². The number of nitrogens with zero attached hydrogens (tertiary/aromatic N) is 2. The molecule has 0 unspecified atom stereocenters. The van der Waals surface area contributed by atoms with E-state index in [0.717, 1.165) is 17.4 Å². The van der Waals surface area contributed by atoms with Gasteiger partial charge in [-0.05, 0) is 12.1 Å². The van der Waals surface area contributed by atoms with Crippen molar-refractivity contribution in [1.82, 2.24) is 9.97 Å². The Balaban J connectivity index is 2.19. The maximum absolute atomic E-state index is 13.5. The smallest absolute Gasteiger partial charge is 0.284 e. The van der Waals surface area contributed by atoms with Crippen LogP contribution in [0.5, 0.6) is 0 Å². The van der Waals surface area contributed by atoms with Crippen LogP contribution in [0.1, 0.15) is 11.3 Å². The van der Waals surface area contributed by atoms with Crippen LogP contribution in [0, 0.1) is 17.7 Å². The highest BCUT2D eigenvalue weighted by Gasteiger charge is 2.21. The summed E-state index contributed by atoms with van der Waals surface area (Å²) < 4.78 is 39.6. The van der Waals surface area contributed by atoms with Gasteiger partial charge in [0.2, 0.25) is 5.03 Å². The van der Waals surface area contributed by atoms with E-state index in [4.69, 9.17) is 5.11 Å². The Bertz CT molecular complexity index is 793. The topological polar surface area (TPSA) is 92.2 Å². The van der Waals surface area contributed by atoms with Gasteiger partial charge in [0.25, 0.3) is 10.0 Å². The second-order valence-corrected chi connectivity index (χ2v) is 6.33. The molecule has 0 spiro atoms. The first-order chi connectivity index (χ1) is 10.0. The third-order valence-electron chi connectivity index (χ3n) is 2.16. The van der Waals surface area contributed by atoms with Crippen molar-refractivity contribution in [3.05, 3.63) is 35.2 Å². The summed E-state index contributed by atoms with van der Waals surface area (Å²) in [7, 11) is -4.13. The van der Waals surface area contributed by atoms with Gasteiger partial charge in [-0.2, -0.15) is 8.42 Å². The summed E-state index contributed by atoms with van der Waals surface area (Å²) in [5.41, 5.74) is 0. The first-order valence-electron chi connectivity index (χ1n) is 5.72. The maximum atomic E-state index is 13.5. The molecule has 0 aromatic carbocycles. The third-order valence-corrected chi connectivity index (χ3v) is 4.38. The van der Waals surface area contributed by atoms with Gasteiger partial charge in [0.15, 0.2) is 10.9 Å². The number of anilines is 1. The van der Waals surface area contributed by atoms with Crippen LogP contribution in [0.4, 0.5) is 9.52 Å². The average molecular weight is 327 g/mol. The molecule has 0 aliphatic heterocycles. The zero-order valence-electron chi connectivity index (χ0n) is 10.6. The highest BCUT2D eigenvalue weighted by molar-refractivity contribution is 7.92. The van der Waals surface area contributed by atoms with Gasteiger partial charge >= 0.3 is 0 Å². The lowest BCUT2D eigenvalue weighted by Crippen LogP contribution is -2.15. The molecule has 0 amide bonds. The summed E-state index contributed by atoms with van der Waals surface area (Å²) in [6.07, 6.45) is 2.89. The van der Waals surface area contributed by atoms with Crippen molar-refractivity contribution in [2.45, 2.75) is 11.4 Å². The van der Waals surface area contributed by atoms with E-state index in [1.807, 2.05) is 0 Å². The minimum Gasteiger partial charge on any atom is -0.395 e. The van der Waals surface area contributed by atoms with Gasteiger partial charge in [-0.3, -0.25) is 4.72 Å². The average Bonchev–Trinajstić information content (AvgIpc) is 2.86. The zero-order valence-corrected chi connectivity index (χ0v) is 12.2. The molecule has 9 heteroatoms. The summed E-state index contributed by atoms with van der Waals surface area (Å²) in [6.45, 7) is -0.0513. The number of nitrogens with one attached hydrogen (secondary N) is 1. The number of aliphatic hydroxyl groups is 1. The zero-order chi connectivity index (χ0) is 15.3. The largest absolute Gasteiger partial charge is 0.395 e. The van der Waals surface area contributed by atoms with Crippen molar-refractivity contribution in [3.8, 4) is 11.8 Å². The minimum absolute atomic E-state index is 0.0513. The highest BCUT2D eigenvalue weighted by atomic mass is 32.2. The Hall–Kier alpha value is -2.02. The Labute approximate surface area is 124 Å². The molecule has 0 saturated heterocycles. The molecule has 0 radical (unpaired) electrons. The number of hydrogen-bond acceptors (Lipinski definition) is 6. The van der Waals surface area contributed by atoms with Crippen LogP contribution in [0.25, 0.3) is 0 Å². The lowest BCUT2D eigenvalue weighted by molar-refractivity contribution is 0.305. The lowest BCUT2D eigenvalue weighted by Gasteiger charge is -2.04. The van der Waals surface area contributed by atoms with Crippen molar-refractivity contribution < 1.29 is 17.9 Å². The number of aromatic nitrogens is 2. The Morgan fingerprint density at radius 3 is 2.95 bits per heavy atom. The van der Waals surface area contributed by atoms with E-state index in [1.165, 1.54) is 18.5 Å². The molecule has 2 heterocycles. The fraction of sp³-hybridized carbons (Fsp3) is 0.167. The fourth-order valence-corrected chi connectivity index (χ4v) is 3.26. The Kier molecular flexibility index (Phi) is 4.85. The van der Waals surface area contributed by atoms with E-state index < -0.39 is 20.9 Å². The van der Waals surface area contributed by atoms with E-state index in [2.05, 4.69) is 26.5 Å². The van der Waals surface area contributed by atoms with Crippen LogP contribution in [0.3, 0.4) is 0 Å². The number of aliphatic hydroxyl groups excluding tert-OH is 1. The van der Waals surface area contributed by atoms with Gasteiger partial charge in [0.1, 0.15) is 0 Å². The second-order valence-electron chi connectivity index (χ2n) is 3.70. The quantitative estimate of drug-likeness (QED) is 0.824. The SMILES string of the molecule is O=S(=O)(Nc1ncc(C#CCCO)s1)c1ncccc1F. The molecule has 0 aliphatic rings. The molecule has 0 aliphatic carbocycles. The summed E-state index contributed by atoms with van der Waals surface area (Å²) in [6, 6.07) is 2.31. The van der Waals surface area contributed by atoms with Gasteiger partial charge < -0.3 is 5.11 Å². The molecule has 2 aromatic heterocycles. The van der Waals surface area contributed by atoms with Gasteiger partial charge in [0.05, 0.1) is 17.7 Å². The first kappa shape index (κ1) is 15.4. The molecule has 0 atom stereocenters. The van der Waals surface area contributed by atoms with Gasteiger partial charge in [-0.15, -0.1) is 0 Å². The standard InChI is InChI=1S/C12H10FN3O3S2/c13-10-5-3-6-14-11(10)21(18,19)16-12-15-8-9(20-12)4-1-2-7-17/h3,5-6,8,17H,2,7H2,(H,15,16). The van der Waals surface area contributed by atoms with Crippen molar-refractivity contribution in [2.24, 2.45) is 0 Å². The first-order valence-corrected chi connectivity index (χ1v) is 8.02. The normalized spacial score (nSPS) is 10.8. The molecule has 2 rings (SSSR count). The molecule has 0 fully saturated rings. The highest BCUT2D eigenvalue weighted by Crippen LogP contribution is 2.21. The van der Waals surface area contributed by atoms with E-state index in [-0.39, 0.29) is 11.7 Å². The van der Waals surface area contributed by atoms with Crippen molar-refractivity contribution in [2.75, 3.05) is 11.3 Å². The predicted octanol–water partition coefficient (Wildman–Crippen LogP) is 1.21. The number of rotatable bonds is 4. The molecule has 0 bridgehead atoms. The molecule has 6 nitrogen and oxygen atoms in total. The van der Waals surface area contributed by atoms with E-state index >= 15 is 0 Å². The second kappa shape index (κ2) is 6.62. The Morgan fingerprint density at radius 2 is 2.24 bits per heavy atom. The maximum Gasteiger partial charge on any atom is 0.284 e. The minimum atomic E-state index is -4.13.